The van der Waals surface area contributed by atoms with Crippen molar-refractivity contribution in [3.63, 3.8) is 0 Å². The maximum Gasteiger partial charge on any atom is 0.325 e. The van der Waals surface area contributed by atoms with Gasteiger partial charge in [-0.25, -0.2) is 27.1 Å². The summed E-state index contributed by atoms with van der Waals surface area (Å²) in [5, 5.41) is 2.58. The van der Waals surface area contributed by atoms with Crippen LogP contribution in [0.5, 0.6) is 0 Å². The number of nitrogens with zero attached hydrogens (tertiary/aromatic N) is 2. The molecule has 0 spiro atoms. The summed E-state index contributed by atoms with van der Waals surface area (Å²) in [6.45, 7) is 1.66. The van der Waals surface area contributed by atoms with Crippen LogP contribution in [0.2, 0.25) is 0 Å². The fourth-order valence-corrected chi connectivity index (χ4v) is 4.59. The van der Waals surface area contributed by atoms with Crippen LogP contribution in [0, 0.1) is 23.3 Å². The normalized spacial score (nSPS) is 11.3. The number of anilines is 2. The number of hydrogen-bond donors (Lipinski definition) is 3. The number of urea groups is 1. The van der Waals surface area contributed by atoms with Gasteiger partial charge in [-0.15, -0.1) is 0 Å². The number of benzene rings is 4. The van der Waals surface area contributed by atoms with E-state index in [0.717, 1.165) is 48.5 Å². The van der Waals surface area contributed by atoms with E-state index in [9.17, 15) is 31.9 Å². The molecule has 3 amide bonds. The fourth-order valence-electron chi connectivity index (χ4n) is 4.09. The lowest BCUT2D eigenvalue weighted by Gasteiger charge is -2.16. The molecular formula is C35H39F4N5O3S. The predicted molar refractivity (Wildman–Crippen MR) is 184 cm³/mol. The van der Waals surface area contributed by atoms with E-state index >= 15 is 0 Å². The van der Waals surface area contributed by atoms with Crippen LogP contribution in [0.3, 0.4) is 0 Å². The summed E-state index contributed by atoms with van der Waals surface area (Å²) < 4.78 is 57.8. The first-order chi connectivity index (χ1) is 22.9. The minimum absolute atomic E-state index is 0.0238. The molecule has 0 heterocycles. The van der Waals surface area contributed by atoms with Crippen LogP contribution in [0.25, 0.3) is 0 Å². The Balaban J connectivity index is 0.000000339. The topological polar surface area (TPSA) is 93.8 Å². The average Bonchev–Trinajstić information content (AvgIpc) is 3.04. The highest BCUT2D eigenvalue weighted by Crippen LogP contribution is 2.12. The van der Waals surface area contributed by atoms with Crippen LogP contribution in [-0.4, -0.2) is 52.0 Å². The van der Waals surface area contributed by atoms with E-state index in [1.807, 2.05) is 62.6 Å². The molecule has 0 bridgehead atoms. The van der Waals surface area contributed by atoms with Crippen LogP contribution < -0.4 is 24.6 Å². The lowest BCUT2D eigenvalue weighted by Crippen LogP contribution is -2.41. The van der Waals surface area contributed by atoms with Gasteiger partial charge in [0.25, 0.3) is 0 Å². The number of halogens is 4. The van der Waals surface area contributed by atoms with Crippen molar-refractivity contribution < 1.29 is 31.9 Å². The van der Waals surface area contributed by atoms with Gasteiger partial charge in [-0.2, -0.15) is 0 Å². The van der Waals surface area contributed by atoms with Gasteiger partial charge in [-0.3, -0.25) is 9.52 Å². The van der Waals surface area contributed by atoms with E-state index in [1.54, 1.807) is 14.0 Å². The van der Waals surface area contributed by atoms with Crippen molar-refractivity contribution in [3.8, 4) is 0 Å². The first-order valence-electron chi connectivity index (χ1n) is 14.7. The van der Waals surface area contributed by atoms with Gasteiger partial charge in [0, 0.05) is 62.8 Å². The monoisotopic (exact) mass is 685 g/mol. The van der Waals surface area contributed by atoms with Gasteiger partial charge in [0.05, 0.1) is 6.04 Å². The molecule has 13 heteroatoms. The molecule has 0 saturated carbocycles. The van der Waals surface area contributed by atoms with Gasteiger partial charge in [0.15, 0.2) is 0 Å². The molecule has 0 aliphatic carbocycles. The molecule has 48 heavy (non-hydrogen) atoms. The first kappa shape index (κ1) is 39.3. The molecule has 4 rings (SSSR count). The Morgan fingerprint density at radius 2 is 1.19 bits per heavy atom. The van der Waals surface area contributed by atoms with Crippen molar-refractivity contribution in [2.75, 3.05) is 30.9 Å². The zero-order chi connectivity index (χ0) is 35.5. The van der Waals surface area contributed by atoms with Gasteiger partial charge in [-0.05, 0) is 79.4 Å². The van der Waals surface area contributed by atoms with E-state index in [-0.39, 0.29) is 18.4 Å². The van der Waals surface area contributed by atoms with Crippen LogP contribution in [0.1, 0.15) is 18.1 Å². The van der Waals surface area contributed by atoms with E-state index < -0.39 is 41.4 Å². The second kappa shape index (κ2) is 21.1. The van der Waals surface area contributed by atoms with Crippen LogP contribution in [0.4, 0.5) is 33.7 Å². The minimum Gasteiger partial charge on any atom is -0.378 e. The van der Waals surface area contributed by atoms with Gasteiger partial charge >= 0.3 is 6.03 Å². The Hall–Kier alpha value is -4.88. The van der Waals surface area contributed by atoms with Crippen molar-refractivity contribution in [1.82, 2.24) is 14.8 Å². The molecule has 4 aromatic rings. The quantitative estimate of drug-likeness (QED) is 0.0900. The third kappa shape index (κ3) is 15.6. The molecule has 0 aromatic heterocycles. The third-order valence-electron chi connectivity index (χ3n) is 6.33. The molecule has 0 radical (unpaired) electrons. The van der Waals surface area contributed by atoms with Crippen molar-refractivity contribution in [2.45, 2.75) is 31.8 Å². The molecule has 0 fully saturated rings. The summed E-state index contributed by atoms with van der Waals surface area (Å²) in [6.07, 6.45) is 1.57. The highest BCUT2D eigenvalue weighted by molar-refractivity contribution is 7.96. The number of aldehydes is 1. The highest BCUT2D eigenvalue weighted by atomic mass is 32.2. The second-order valence-electron chi connectivity index (χ2n) is 10.7. The Morgan fingerprint density at radius 3 is 1.60 bits per heavy atom. The lowest BCUT2D eigenvalue weighted by atomic mass is 10.1. The van der Waals surface area contributed by atoms with Crippen LogP contribution in [-0.2, 0) is 22.4 Å². The fraction of sp³-hybridized carbons (Fsp3) is 0.229. The van der Waals surface area contributed by atoms with Crippen LogP contribution >= 0.6 is 12.1 Å². The second-order valence-corrected chi connectivity index (χ2v) is 11.3. The maximum atomic E-state index is 13.2. The third-order valence-corrected chi connectivity index (χ3v) is 7.04. The highest BCUT2D eigenvalue weighted by Gasteiger charge is 2.13. The predicted octanol–water partition coefficient (Wildman–Crippen LogP) is 6.47. The number of rotatable bonds is 12. The summed E-state index contributed by atoms with van der Waals surface area (Å²) in [7, 11) is 5.80. The SMILES string of the molecule is CC(Cc1cc(F)cc(F)c1)NC(=O)NSN[C@H](C=O)Cc1cc(F)cc(F)c1.CN(C)c1ccccc1.CN(C=O)c1ccccc1. The van der Waals surface area contributed by atoms with Crippen molar-refractivity contribution in [2.24, 2.45) is 0 Å². The van der Waals surface area contributed by atoms with Crippen molar-refractivity contribution >= 4 is 42.2 Å². The Kier molecular flexibility index (Phi) is 17.3. The minimum atomic E-state index is -0.797. The summed E-state index contributed by atoms with van der Waals surface area (Å²) in [4.78, 5) is 36.9. The Bertz CT molecular complexity index is 1530. The number of hydrogen-bond acceptors (Lipinski definition) is 6. The number of para-hydroxylation sites is 2. The lowest BCUT2D eigenvalue weighted by molar-refractivity contribution is -0.109. The van der Waals surface area contributed by atoms with Crippen molar-refractivity contribution in [1.29, 1.82) is 0 Å². The number of amides is 3. The Labute approximate surface area is 282 Å². The number of carbonyl (C=O) groups excluding carboxylic acids is 3. The van der Waals surface area contributed by atoms with Crippen molar-refractivity contribution in [3.05, 3.63) is 131 Å². The molecule has 3 N–H and O–H groups in total. The summed E-state index contributed by atoms with van der Waals surface area (Å²) in [5.41, 5.74) is 2.84. The number of nitrogens with one attached hydrogen (secondary N) is 3. The molecule has 0 saturated heterocycles. The van der Waals surface area contributed by atoms with Gasteiger partial charge in [0.1, 0.15) is 29.6 Å². The first-order valence-corrected chi connectivity index (χ1v) is 15.5. The zero-order valence-electron chi connectivity index (χ0n) is 27.0. The molecule has 1 unspecified atom stereocenters. The molecular weight excluding hydrogens is 646 g/mol. The largest absolute Gasteiger partial charge is 0.378 e. The summed E-state index contributed by atoms with van der Waals surface area (Å²) in [5.74, 6) is -2.90. The molecule has 4 aromatic carbocycles. The molecule has 8 nitrogen and oxygen atoms in total. The molecule has 0 aliphatic rings. The zero-order valence-corrected chi connectivity index (χ0v) is 27.8. The van der Waals surface area contributed by atoms with Crippen LogP contribution in [0.15, 0.2) is 97.1 Å². The van der Waals surface area contributed by atoms with Gasteiger partial charge < -0.3 is 19.9 Å². The summed E-state index contributed by atoms with van der Waals surface area (Å²) in [6, 6.07) is 24.0. The van der Waals surface area contributed by atoms with E-state index in [1.165, 1.54) is 22.7 Å². The Morgan fingerprint density at radius 1 is 0.729 bits per heavy atom. The van der Waals surface area contributed by atoms with Gasteiger partial charge in [0.2, 0.25) is 6.41 Å². The smallest absolute Gasteiger partial charge is 0.325 e. The molecule has 0 aliphatic heterocycles. The molecule has 2 atom stereocenters. The summed E-state index contributed by atoms with van der Waals surface area (Å²) >= 11 is 0.724. The van der Waals surface area contributed by atoms with E-state index in [0.29, 0.717) is 11.8 Å². The van der Waals surface area contributed by atoms with Gasteiger partial charge in [-0.1, -0.05) is 36.4 Å². The maximum absolute atomic E-state index is 13.2. The van der Waals surface area contributed by atoms with E-state index in [4.69, 9.17) is 0 Å². The van der Waals surface area contributed by atoms with E-state index in [2.05, 4.69) is 31.8 Å². The molecule has 256 valence electrons. The number of carbonyl (C=O) groups is 3. The average molecular weight is 686 g/mol. The standard InChI is InChI=1S/C19H19F4N3O2S.C8H9NO.C8H11N/c1-11(2-12-3-14(20)8-15(21)4-12)24-19(28)26-29-25-18(10-27)7-13-5-16(22)9-17(23)6-13;1-9(7-10)8-5-3-2-4-6-8;1-9(2)8-6-4-3-5-7-8/h3-6,8-11,18,25H,2,7H2,1H3,(H2,24,26,28);2-7H,1H3;3-7H,1-2H3/t11?,18-;;/m0../s1.